The lowest BCUT2D eigenvalue weighted by molar-refractivity contribution is -0.142. The molecule has 1 saturated carbocycles. The summed E-state index contributed by atoms with van der Waals surface area (Å²) in [6.07, 6.45) is 4.33. The molecule has 1 fully saturated rings. The molecule has 1 heterocycles. The van der Waals surface area contributed by atoms with Crippen molar-refractivity contribution in [2.45, 2.75) is 12.3 Å². The van der Waals surface area contributed by atoms with Crippen LogP contribution in [0, 0.1) is 5.92 Å². The van der Waals surface area contributed by atoms with E-state index < -0.39 is 0 Å². The normalized spacial score (nSPS) is 18.3. The molecule has 5 nitrogen and oxygen atoms in total. The van der Waals surface area contributed by atoms with Gasteiger partial charge < -0.3 is 10.1 Å². The molecule has 1 amide bonds. The van der Waals surface area contributed by atoms with Crippen molar-refractivity contribution in [3.05, 3.63) is 72.1 Å². The molecule has 1 aliphatic carbocycles. The Morgan fingerprint density at radius 1 is 1.08 bits per heavy atom. The van der Waals surface area contributed by atoms with Crippen LogP contribution in [0.5, 0.6) is 0 Å². The predicted octanol–water partition coefficient (Wildman–Crippen LogP) is 3.76. The number of carbonyl (C=O) groups excluding carboxylic acids is 2. The zero-order valence-electron chi connectivity index (χ0n) is 14.3. The summed E-state index contributed by atoms with van der Waals surface area (Å²) in [4.78, 5) is 28.1. The molecule has 0 aliphatic heterocycles. The van der Waals surface area contributed by atoms with E-state index in [9.17, 15) is 9.59 Å². The fourth-order valence-electron chi connectivity index (χ4n) is 3.22. The van der Waals surface area contributed by atoms with E-state index in [1.807, 2.05) is 36.4 Å². The van der Waals surface area contributed by atoms with Gasteiger partial charge in [0.05, 0.1) is 13.0 Å². The molecular formula is C21H18N2O3. The van der Waals surface area contributed by atoms with Gasteiger partial charge in [0.2, 0.25) is 0 Å². The highest BCUT2D eigenvalue weighted by Crippen LogP contribution is 2.48. The quantitative estimate of drug-likeness (QED) is 0.730. The molecule has 0 bridgehead atoms. The Morgan fingerprint density at radius 3 is 2.65 bits per heavy atom. The third kappa shape index (κ3) is 3.16. The van der Waals surface area contributed by atoms with Crippen molar-refractivity contribution < 1.29 is 14.3 Å². The Bertz CT molecular complexity index is 982. The van der Waals surface area contributed by atoms with Gasteiger partial charge in [-0.2, -0.15) is 0 Å². The number of aromatic nitrogens is 1. The fourth-order valence-corrected chi connectivity index (χ4v) is 3.22. The topological polar surface area (TPSA) is 68.3 Å². The van der Waals surface area contributed by atoms with Crippen LogP contribution in [0.4, 0.5) is 5.69 Å². The molecule has 3 aromatic rings. The van der Waals surface area contributed by atoms with Crippen LogP contribution in [-0.4, -0.2) is 24.0 Å². The van der Waals surface area contributed by atoms with Gasteiger partial charge in [-0.05, 0) is 53.6 Å². The summed E-state index contributed by atoms with van der Waals surface area (Å²) in [7, 11) is 1.41. The van der Waals surface area contributed by atoms with Crippen LogP contribution in [0.15, 0.2) is 60.9 Å². The SMILES string of the molecule is COC(=O)C1CC1c1ccc(C(=O)Nc2ccc3cnccc3c2)cc1. The Morgan fingerprint density at radius 2 is 1.88 bits per heavy atom. The number of rotatable bonds is 4. The number of hydrogen-bond acceptors (Lipinski definition) is 4. The molecule has 4 rings (SSSR count). The van der Waals surface area contributed by atoms with Crippen molar-refractivity contribution >= 4 is 28.3 Å². The Balaban J connectivity index is 1.45. The minimum absolute atomic E-state index is 0.0493. The molecule has 2 unspecified atom stereocenters. The van der Waals surface area contributed by atoms with Crippen LogP contribution in [0.25, 0.3) is 10.8 Å². The Labute approximate surface area is 151 Å². The van der Waals surface area contributed by atoms with Gasteiger partial charge in [-0.3, -0.25) is 14.6 Å². The second kappa shape index (κ2) is 6.59. The van der Waals surface area contributed by atoms with Gasteiger partial charge in [0.25, 0.3) is 5.91 Å². The lowest BCUT2D eigenvalue weighted by Gasteiger charge is -2.07. The lowest BCUT2D eigenvalue weighted by Crippen LogP contribution is -2.11. The Kier molecular flexibility index (Phi) is 4.13. The number of esters is 1. The molecule has 5 heteroatoms. The van der Waals surface area contributed by atoms with Gasteiger partial charge in [0, 0.05) is 29.0 Å². The van der Waals surface area contributed by atoms with Gasteiger partial charge in [-0.15, -0.1) is 0 Å². The number of nitrogens with one attached hydrogen (secondary N) is 1. The van der Waals surface area contributed by atoms with E-state index in [-0.39, 0.29) is 23.7 Å². The van der Waals surface area contributed by atoms with E-state index in [4.69, 9.17) is 4.74 Å². The number of pyridine rings is 1. The first-order chi connectivity index (χ1) is 12.7. The fraction of sp³-hybridized carbons (Fsp3) is 0.190. The summed E-state index contributed by atoms with van der Waals surface area (Å²) >= 11 is 0. The van der Waals surface area contributed by atoms with Gasteiger partial charge in [-0.25, -0.2) is 0 Å². The number of hydrogen-bond donors (Lipinski definition) is 1. The maximum absolute atomic E-state index is 12.5. The largest absolute Gasteiger partial charge is 0.469 e. The molecule has 130 valence electrons. The summed E-state index contributed by atoms with van der Waals surface area (Å²) in [5, 5.41) is 4.97. The van der Waals surface area contributed by atoms with Crippen molar-refractivity contribution in [2.75, 3.05) is 12.4 Å². The van der Waals surface area contributed by atoms with E-state index in [2.05, 4.69) is 10.3 Å². The standard InChI is InChI=1S/C21H18N2O3/c1-26-21(25)19-11-18(19)13-2-4-14(5-3-13)20(24)23-17-7-6-16-12-22-9-8-15(16)10-17/h2-10,12,18-19H,11H2,1H3,(H,23,24). The van der Waals surface area contributed by atoms with E-state index in [0.29, 0.717) is 5.56 Å². The average Bonchev–Trinajstić information content (AvgIpc) is 3.48. The zero-order valence-corrected chi connectivity index (χ0v) is 14.3. The number of anilines is 1. The first-order valence-electron chi connectivity index (χ1n) is 8.48. The van der Waals surface area contributed by atoms with Crippen LogP contribution < -0.4 is 5.32 Å². The molecule has 1 N–H and O–H groups in total. The van der Waals surface area contributed by atoms with Crippen LogP contribution >= 0.6 is 0 Å². The maximum atomic E-state index is 12.5. The molecule has 1 aromatic heterocycles. The van der Waals surface area contributed by atoms with E-state index in [1.54, 1.807) is 24.5 Å². The minimum Gasteiger partial charge on any atom is -0.469 e. The number of amides is 1. The van der Waals surface area contributed by atoms with Crippen LogP contribution in [0.2, 0.25) is 0 Å². The molecule has 0 radical (unpaired) electrons. The zero-order chi connectivity index (χ0) is 18.1. The number of fused-ring (bicyclic) bond motifs is 1. The second-order valence-electron chi connectivity index (χ2n) is 6.49. The molecule has 2 aromatic carbocycles. The minimum atomic E-state index is -0.164. The summed E-state index contributed by atoms with van der Waals surface area (Å²) in [5.74, 6) is -0.172. The van der Waals surface area contributed by atoms with Crippen molar-refractivity contribution in [1.82, 2.24) is 4.98 Å². The second-order valence-corrected chi connectivity index (χ2v) is 6.49. The number of ether oxygens (including phenoxy) is 1. The highest BCUT2D eigenvalue weighted by atomic mass is 16.5. The van der Waals surface area contributed by atoms with Crippen LogP contribution in [0.3, 0.4) is 0 Å². The number of nitrogens with zero attached hydrogens (tertiary/aromatic N) is 1. The smallest absolute Gasteiger partial charge is 0.309 e. The van der Waals surface area contributed by atoms with Gasteiger partial charge in [-0.1, -0.05) is 18.2 Å². The van der Waals surface area contributed by atoms with E-state index in [0.717, 1.165) is 28.4 Å². The van der Waals surface area contributed by atoms with Crippen LogP contribution in [-0.2, 0) is 9.53 Å². The summed E-state index contributed by atoms with van der Waals surface area (Å²) in [6, 6.07) is 15.0. The number of carbonyl (C=O) groups is 2. The molecule has 1 aliphatic rings. The number of benzene rings is 2. The van der Waals surface area contributed by atoms with Crippen LogP contribution in [0.1, 0.15) is 28.3 Å². The summed E-state index contributed by atoms with van der Waals surface area (Å²) < 4.78 is 4.78. The highest BCUT2D eigenvalue weighted by molar-refractivity contribution is 6.05. The molecular weight excluding hydrogens is 328 g/mol. The third-order valence-electron chi connectivity index (χ3n) is 4.79. The first kappa shape index (κ1) is 16.3. The third-order valence-corrected chi connectivity index (χ3v) is 4.79. The Hall–Kier alpha value is -3.21. The highest BCUT2D eigenvalue weighted by Gasteiger charge is 2.44. The van der Waals surface area contributed by atoms with E-state index in [1.165, 1.54) is 7.11 Å². The monoisotopic (exact) mass is 346 g/mol. The van der Waals surface area contributed by atoms with Gasteiger partial charge >= 0.3 is 5.97 Å². The molecule has 26 heavy (non-hydrogen) atoms. The van der Waals surface area contributed by atoms with Gasteiger partial charge in [0.1, 0.15) is 0 Å². The number of methoxy groups -OCH3 is 1. The maximum Gasteiger partial charge on any atom is 0.309 e. The predicted molar refractivity (Wildman–Crippen MR) is 99.0 cm³/mol. The van der Waals surface area contributed by atoms with Crippen molar-refractivity contribution in [2.24, 2.45) is 5.92 Å². The van der Waals surface area contributed by atoms with Crippen molar-refractivity contribution in [1.29, 1.82) is 0 Å². The molecule has 0 spiro atoms. The molecule has 0 saturated heterocycles. The average molecular weight is 346 g/mol. The van der Waals surface area contributed by atoms with Crippen molar-refractivity contribution in [3.8, 4) is 0 Å². The molecule has 2 atom stereocenters. The van der Waals surface area contributed by atoms with E-state index >= 15 is 0 Å². The van der Waals surface area contributed by atoms with Crippen molar-refractivity contribution in [3.63, 3.8) is 0 Å². The summed E-state index contributed by atoms with van der Waals surface area (Å²) in [5.41, 5.74) is 2.39. The first-order valence-corrected chi connectivity index (χ1v) is 8.48. The van der Waals surface area contributed by atoms with Gasteiger partial charge in [0.15, 0.2) is 0 Å². The lowest BCUT2D eigenvalue weighted by atomic mass is 10.1. The summed E-state index contributed by atoms with van der Waals surface area (Å²) in [6.45, 7) is 0.